The molecule has 0 aromatic heterocycles. The van der Waals surface area contributed by atoms with E-state index in [1.807, 2.05) is 0 Å². The maximum absolute atomic E-state index is 10.5. The van der Waals surface area contributed by atoms with Crippen LogP contribution in [-0.4, -0.2) is 18.1 Å². The Hall–Kier alpha value is -1.06. The molecule has 1 aliphatic heterocycles. The van der Waals surface area contributed by atoms with Gasteiger partial charge in [0.05, 0.1) is 5.92 Å². The average molecular weight is 143 g/mol. The summed E-state index contributed by atoms with van der Waals surface area (Å²) < 4.78 is 4.70. The van der Waals surface area contributed by atoms with Gasteiger partial charge in [-0.1, -0.05) is 0 Å². The van der Waals surface area contributed by atoms with Gasteiger partial charge in [-0.15, -0.1) is 0 Å². The van der Waals surface area contributed by atoms with E-state index < -0.39 is 6.23 Å². The second-order valence-corrected chi connectivity index (χ2v) is 2.33. The van der Waals surface area contributed by atoms with E-state index in [-0.39, 0.29) is 17.8 Å². The van der Waals surface area contributed by atoms with Crippen LogP contribution in [0.4, 0.5) is 0 Å². The molecule has 1 saturated heterocycles. The van der Waals surface area contributed by atoms with Crippen molar-refractivity contribution < 1.29 is 14.3 Å². The highest BCUT2D eigenvalue weighted by molar-refractivity contribution is 5.85. The molecule has 1 amide bonds. The van der Waals surface area contributed by atoms with Crippen LogP contribution in [0.3, 0.4) is 0 Å². The smallest absolute Gasteiger partial charge is 0.304 e. The molecule has 0 radical (unpaired) electrons. The lowest BCUT2D eigenvalue weighted by atomic mass is 10.0. The van der Waals surface area contributed by atoms with Crippen LogP contribution < -0.4 is 5.32 Å². The van der Waals surface area contributed by atoms with Crippen molar-refractivity contribution in [3.05, 3.63) is 0 Å². The van der Waals surface area contributed by atoms with Gasteiger partial charge in [0.15, 0.2) is 6.23 Å². The predicted octanol–water partition coefficient (Wildman–Crippen LogP) is -0.359. The quantitative estimate of drug-likeness (QED) is 0.403. The molecule has 56 valence electrons. The van der Waals surface area contributed by atoms with Crippen molar-refractivity contribution in [3.8, 4) is 0 Å². The molecule has 2 atom stereocenters. The third-order valence-corrected chi connectivity index (χ3v) is 1.45. The van der Waals surface area contributed by atoms with Gasteiger partial charge in [-0.05, 0) is 6.92 Å². The summed E-state index contributed by atoms with van der Waals surface area (Å²) in [6.07, 6.45) is -0.398. The molecule has 1 N–H and O–H groups in total. The number of β-lactam (4-membered cyclic amide) rings is 1. The molecule has 4 heteroatoms. The topological polar surface area (TPSA) is 55.4 Å². The molecule has 1 heterocycles. The van der Waals surface area contributed by atoms with Crippen LogP contribution in [0.15, 0.2) is 0 Å². The highest BCUT2D eigenvalue weighted by Crippen LogP contribution is 2.14. The predicted molar refractivity (Wildman–Crippen MR) is 32.9 cm³/mol. The fourth-order valence-corrected chi connectivity index (χ4v) is 0.748. The lowest BCUT2D eigenvalue weighted by Gasteiger charge is -2.32. The van der Waals surface area contributed by atoms with Crippen LogP contribution in [0, 0.1) is 5.92 Å². The van der Waals surface area contributed by atoms with Crippen LogP contribution >= 0.6 is 0 Å². The molecule has 1 rings (SSSR count). The largest absolute Gasteiger partial charge is 0.441 e. The number of nitrogens with one attached hydrogen (secondary N) is 1. The van der Waals surface area contributed by atoms with E-state index in [2.05, 4.69) is 5.32 Å². The number of ether oxygens (including phenoxy) is 1. The van der Waals surface area contributed by atoms with Gasteiger partial charge in [-0.3, -0.25) is 9.59 Å². The van der Waals surface area contributed by atoms with Gasteiger partial charge >= 0.3 is 5.97 Å². The second-order valence-electron chi connectivity index (χ2n) is 2.33. The molecule has 1 unspecified atom stereocenters. The van der Waals surface area contributed by atoms with Crippen molar-refractivity contribution in [3.63, 3.8) is 0 Å². The number of esters is 1. The standard InChI is InChI=1S/C6H9NO3/c1-3-5(9)7-6(3)10-4(2)8/h3,6H,1-2H3,(H,7,9)/t3?,6-/m0/s1. The van der Waals surface area contributed by atoms with Gasteiger partial charge in [0.1, 0.15) is 0 Å². The van der Waals surface area contributed by atoms with Crippen molar-refractivity contribution in [1.82, 2.24) is 5.32 Å². The Morgan fingerprint density at radius 3 is 2.60 bits per heavy atom. The van der Waals surface area contributed by atoms with E-state index in [0.717, 1.165) is 0 Å². The summed E-state index contributed by atoms with van der Waals surface area (Å²) in [5, 5.41) is 2.44. The third-order valence-electron chi connectivity index (χ3n) is 1.45. The summed E-state index contributed by atoms with van der Waals surface area (Å²) in [6.45, 7) is 3.03. The van der Waals surface area contributed by atoms with E-state index in [1.54, 1.807) is 6.92 Å². The number of hydrogen-bond acceptors (Lipinski definition) is 3. The monoisotopic (exact) mass is 143 g/mol. The van der Waals surface area contributed by atoms with Gasteiger partial charge in [0.25, 0.3) is 0 Å². The molecule has 0 aliphatic carbocycles. The first-order valence-corrected chi connectivity index (χ1v) is 3.09. The first-order chi connectivity index (χ1) is 4.61. The Morgan fingerprint density at radius 1 is 1.70 bits per heavy atom. The number of carbonyl (C=O) groups excluding carboxylic acids is 2. The van der Waals surface area contributed by atoms with Crippen molar-refractivity contribution in [2.75, 3.05) is 0 Å². The number of amides is 1. The molecule has 1 aliphatic rings. The van der Waals surface area contributed by atoms with Crippen molar-refractivity contribution in [1.29, 1.82) is 0 Å². The minimum atomic E-state index is -0.398. The maximum atomic E-state index is 10.5. The van der Waals surface area contributed by atoms with Gasteiger partial charge < -0.3 is 10.1 Å². The molecular formula is C6H9NO3. The van der Waals surface area contributed by atoms with E-state index in [9.17, 15) is 9.59 Å². The van der Waals surface area contributed by atoms with Crippen LogP contribution in [0.2, 0.25) is 0 Å². The lowest BCUT2D eigenvalue weighted by molar-refractivity contribution is -0.165. The number of rotatable bonds is 1. The summed E-state index contributed by atoms with van der Waals surface area (Å²) in [4.78, 5) is 20.8. The number of carbonyl (C=O) groups is 2. The van der Waals surface area contributed by atoms with Crippen molar-refractivity contribution in [2.45, 2.75) is 20.1 Å². The zero-order valence-electron chi connectivity index (χ0n) is 5.88. The fourth-order valence-electron chi connectivity index (χ4n) is 0.748. The Bertz CT molecular complexity index is 178. The Labute approximate surface area is 58.5 Å². The van der Waals surface area contributed by atoms with E-state index >= 15 is 0 Å². The van der Waals surface area contributed by atoms with Crippen LogP contribution in [-0.2, 0) is 14.3 Å². The molecule has 0 spiro atoms. The third kappa shape index (κ3) is 1.10. The van der Waals surface area contributed by atoms with Crippen molar-refractivity contribution >= 4 is 11.9 Å². The van der Waals surface area contributed by atoms with E-state index in [1.165, 1.54) is 6.92 Å². The summed E-state index contributed by atoms with van der Waals surface area (Å²) in [5.41, 5.74) is 0. The van der Waals surface area contributed by atoms with Gasteiger partial charge in [0.2, 0.25) is 5.91 Å². The van der Waals surface area contributed by atoms with Gasteiger partial charge in [-0.25, -0.2) is 0 Å². The Kier molecular flexibility index (Phi) is 1.61. The Balaban J connectivity index is 2.34. The van der Waals surface area contributed by atoms with Gasteiger partial charge in [-0.2, -0.15) is 0 Å². The summed E-state index contributed by atoms with van der Waals surface area (Å²) in [6, 6.07) is 0. The molecule has 0 saturated carbocycles. The van der Waals surface area contributed by atoms with Gasteiger partial charge in [0, 0.05) is 6.92 Å². The van der Waals surface area contributed by atoms with Crippen molar-refractivity contribution in [2.24, 2.45) is 5.92 Å². The molecule has 0 bridgehead atoms. The summed E-state index contributed by atoms with van der Waals surface area (Å²) in [5.74, 6) is -0.619. The van der Waals surface area contributed by atoms with Crippen LogP contribution in [0.5, 0.6) is 0 Å². The summed E-state index contributed by atoms with van der Waals surface area (Å²) >= 11 is 0. The SMILES string of the molecule is CC(=O)O[C@@H]1NC(=O)C1C. The zero-order chi connectivity index (χ0) is 7.72. The summed E-state index contributed by atoms with van der Waals surface area (Å²) in [7, 11) is 0. The molecule has 10 heavy (non-hydrogen) atoms. The fraction of sp³-hybridized carbons (Fsp3) is 0.667. The highest BCUT2D eigenvalue weighted by Gasteiger charge is 2.37. The molecular weight excluding hydrogens is 134 g/mol. The minimum absolute atomic E-state index is 0.0637. The number of hydrogen-bond donors (Lipinski definition) is 1. The second kappa shape index (κ2) is 2.28. The minimum Gasteiger partial charge on any atom is -0.441 e. The van der Waals surface area contributed by atoms with E-state index in [4.69, 9.17) is 4.74 Å². The first kappa shape index (κ1) is 7.05. The van der Waals surface area contributed by atoms with Crippen LogP contribution in [0.25, 0.3) is 0 Å². The molecule has 0 aromatic rings. The maximum Gasteiger partial charge on any atom is 0.304 e. The average Bonchev–Trinajstić information content (AvgIpc) is 1.86. The molecule has 0 aromatic carbocycles. The normalized spacial score (nSPS) is 30.4. The van der Waals surface area contributed by atoms with E-state index in [0.29, 0.717) is 0 Å². The Morgan fingerprint density at radius 2 is 2.30 bits per heavy atom. The zero-order valence-corrected chi connectivity index (χ0v) is 5.88. The van der Waals surface area contributed by atoms with Crippen LogP contribution in [0.1, 0.15) is 13.8 Å². The first-order valence-electron chi connectivity index (χ1n) is 3.09. The molecule has 4 nitrogen and oxygen atoms in total. The molecule has 1 fully saturated rings. The lowest BCUT2D eigenvalue weighted by Crippen LogP contribution is -2.58. The highest BCUT2D eigenvalue weighted by atomic mass is 16.6.